The van der Waals surface area contributed by atoms with Crippen molar-refractivity contribution in [2.24, 2.45) is 5.92 Å². The van der Waals surface area contributed by atoms with Gasteiger partial charge in [0.2, 0.25) is 14.3 Å². The van der Waals surface area contributed by atoms with E-state index in [2.05, 4.69) is 34.7 Å². The fraction of sp³-hybridized carbons (Fsp3) is 0.583. The standard InChI is InChI=1S/C36H52FN5O5Si/c1-5-46-30-12-13-32-27(22-30)23-31(38-17-6-7-19-43)36(45)42(32)29-10-8-9-26(21-29)11-14-33-25(2)35(48(3,4)37)34(47-33)15-18-41-24-28(16-20-44)39-40-41/h8-10,12-13,21-22,24-25,31,33-35,38,43-44H,5-7,11,14-20,23H2,1-4H3/t25-,31?,33+,34-,35+/m0/s1. The van der Waals surface area contributed by atoms with Gasteiger partial charge in [-0.1, -0.05) is 24.3 Å². The first kappa shape index (κ1) is 36.1. The molecule has 3 aromatic rings. The third-order valence-corrected chi connectivity index (χ3v) is 12.2. The predicted molar refractivity (Wildman–Crippen MR) is 187 cm³/mol. The quantitative estimate of drug-likeness (QED) is 0.102. The number of carbonyl (C=O) groups is 1. The highest BCUT2D eigenvalue weighted by molar-refractivity contribution is 6.72. The van der Waals surface area contributed by atoms with E-state index in [1.807, 2.05) is 48.4 Å². The second-order valence-corrected chi connectivity index (χ2v) is 17.4. The van der Waals surface area contributed by atoms with Crippen LogP contribution >= 0.6 is 0 Å². The van der Waals surface area contributed by atoms with Gasteiger partial charge in [-0.05, 0) is 112 Å². The predicted octanol–water partition coefficient (Wildman–Crippen LogP) is 5.13. The largest absolute Gasteiger partial charge is 0.494 e. The Labute approximate surface area is 284 Å². The van der Waals surface area contributed by atoms with Crippen molar-refractivity contribution in [1.29, 1.82) is 0 Å². The van der Waals surface area contributed by atoms with Crippen molar-refractivity contribution in [3.8, 4) is 5.75 Å². The van der Waals surface area contributed by atoms with Gasteiger partial charge in [-0.2, -0.15) is 0 Å². The summed E-state index contributed by atoms with van der Waals surface area (Å²) in [6.07, 6.45) is 6.23. The molecule has 0 spiro atoms. The number of nitrogens with one attached hydrogen (secondary N) is 1. The average molecular weight is 682 g/mol. The SMILES string of the molecule is CCOc1ccc2c(c1)CC(NCCCCO)C(=O)N2c1cccc(CC[C@H]2O[C@@H](CCn3cc(CCO)nn3)[C@H]([Si](C)(C)F)[C@H]2C)c1. The number of rotatable bonds is 17. The van der Waals surface area contributed by atoms with Gasteiger partial charge in [0.25, 0.3) is 0 Å². The van der Waals surface area contributed by atoms with Gasteiger partial charge >= 0.3 is 0 Å². The molecule has 262 valence electrons. The number of carbonyl (C=O) groups excluding carboxylic acids is 1. The Hall–Kier alpha value is -3.16. The maximum atomic E-state index is 15.7. The number of anilines is 2. The molecule has 1 amide bonds. The van der Waals surface area contributed by atoms with Crippen molar-refractivity contribution in [1.82, 2.24) is 20.3 Å². The van der Waals surface area contributed by atoms with Gasteiger partial charge < -0.3 is 29.1 Å². The molecule has 2 aliphatic heterocycles. The fourth-order valence-electron chi connectivity index (χ4n) is 7.47. The maximum Gasteiger partial charge on any atom is 0.249 e. The lowest BCUT2D eigenvalue weighted by Gasteiger charge is -2.35. The highest BCUT2D eigenvalue weighted by Crippen LogP contribution is 2.47. The molecule has 3 N–H and O–H groups in total. The summed E-state index contributed by atoms with van der Waals surface area (Å²) in [6.45, 7) is 9.61. The Kier molecular flexibility index (Phi) is 12.4. The summed E-state index contributed by atoms with van der Waals surface area (Å²) in [4.78, 5) is 15.8. The summed E-state index contributed by atoms with van der Waals surface area (Å²) < 4.78 is 29.9. The Morgan fingerprint density at radius 1 is 1.08 bits per heavy atom. The van der Waals surface area contributed by atoms with Crippen LogP contribution in [0.1, 0.15) is 56.4 Å². The first-order valence-corrected chi connectivity index (χ1v) is 20.5. The summed E-state index contributed by atoms with van der Waals surface area (Å²) in [5.41, 5.74) is 4.43. The molecule has 2 aliphatic rings. The number of amides is 1. The number of fused-ring (bicyclic) bond motifs is 1. The van der Waals surface area contributed by atoms with Crippen LogP contribution in [0.5, 0.6) is 5.75 Å². The van der Waals surface area contributed by atoms with Crippen molar-refractivity contribution < 1.29 is 28.6 Å². The molecule has 10 nitrogen and oxygen atoms in total. The number of aromatic nitrogens is 3. The fourth-order valence-corrected chi connectivity index (χ4v) is 10.1. The van der Waals surface area contributed by atoms with Crippen LogP contribution < -0.4 is 15.0 Å². The zero-order chi connectivity index (χ0) is 34.3. The van der Waals surface area contributed by atoms with E-state index in [1.165, 1.54) is 0 Å². The number of ether oxygens (including phenoxy) is 2. The van der Waals surface area contributed by atoms with E-state index in [-0.39, 0.29) is 48.8 Å². The minimum Gasteiger partial charge on any atom is -0.494 e. The van der Waals surface area contributed by atoms with Crippen molar-refractivity contribution in [3.63, 3.8) is 0 Å². The average Bonchev–Trinajstić information content (AvgIpc) is 3.64. The van der Waals surface area contributed by atoms with Crippen molar-refractivity contribution in [2.45, 2.75) is 102 Å². The lowest BCUT2D eigenvalue weighted by Crippen LogP contribution is -2.49. The number of hydrogen-bond acceptors (Lipinski definition) is 8. The molecule has 5 rings (SSSR count). The number of aliphatic hydroxyl groups excluding tert-OH is 2. The molecule has 1 fully saturated rings. The summed E-state index contributed by atoms with van der Waals surface area (Å²) in [5.74, 6) is 0.864. The molecular weight excluding hydrogens is 630 g/mol. The number of unbranched alkanes of at least 4 members (excludes halogenated alkanes) is 1. The third-order valence-electron chi connectivity index (χ3n) is 9.70. The van der Waals surface area contributed by atoms with Gasteiger partial charge in [0.15, 0.2) is 0 Å². The highest BCUT2D eigenvalue weighted by atomic mass is 28.4. The number of halogens is 1. The topological polar surface area (TPSA) is 122 Å². The van der Waals surface area contributed by atoms with Crippen LogP contribution in [0.4, 0.5) is 15.5 Å². The zero-order valence-corrected chi connectivity index (χ0v) is 29.8. The molecule has 0 saturated carbocycles. The molecule has 0 aliphatic carbocycles. The van der Waals surface area contributed by atoms with Crippen LogP contribution in [0.2, 0.25) is 18.6 Å². The molecule has 1 unspecified atom stereocenters. The van der Waals surface area contributed by atoms with Crippen LogP contribution in [-0.4, -0.2) is 84.1 Å². The van der Waals surface area contributed by atoms with E-state index in [9.17, 15) is 15.0 Å². The smallest absolute Gasteiger partial charge is 0.249 e. The molecular formula is C36H52FN5O5Si. The van der Waals surface area contributed by atoms with Crippen LogP contribution in [0.15, 0.2) is 48.7 Å². The Bertz CT molecular complexity index is 1500. The number of nitrogens with zero attached hydrogens (tertiary/aromatic N) is 4. The van der Waals surface area contributed by atoms with E-state index >= 15 is 4.11 Å². The first-order chi connectivity index (χ1) is 23.1. The second-order valence-electron chi connectivity index (χ2n) is 13.6. The minimum absolute atomic E-state index is 0.00256. The molecule has 3 heterocycles. The van der Waals surface area contributed by atoms with Gasteiger partial charge in [0.1, 0.15) is 5.75 Å². The van der Waals surface area contributed by atoms with Crippen LogP contribution in [-0.2, 0) is 35.3 Å². The maximum absolute atomic E-state index is 15.7. The Morgan fingerprint density at radius 3 is 2.67 bits per heavy atom. The van der Waals surface area contributed by atoms with Crippen LogP contribution in [0, 0.1) is 5.92 Å². The van der Waals surface area contributed by atoms with E-state index in [0.717, 1.165) is 53.2 Å². The number of aryl methyl sites for hydroxylation is 2. The van der Waals surface area contributed by atoms with Crippen LogP contribution in [0.3, 0.4) is 0 Å². The van der Waals surface area contributed by atoms with Gasteiger partial charge in [0.05, 0.1) is 36.2 Å². The molecule has 2 aromatic carbocycles. The Balaban J connectivity index is 1.30. The summed E-state index contributed by atoms with van der Waals surface area (Å²) in [6, 6.07) is 13.7. The van der Waals surface area contributed by atoms with Crippen molar-refractivity contribution in [3.05, 3.63) is 65.5 Å². The Morgan fingerprint density at radius 2 is 1.92 bits per heavy atom. The highest BCUT2D eigenvalue weighted by Gasteiger charge is 2.50. The number of benzene rings is 2. The lowest BCUT2D eigenvalue weighted by atomic mass is 9.94. The summed E-state index contributed by atoms with van der Waals surface area (Å²) >= 11 is 0. The van der Waals surface area contributed by atoms with Gasteiger partial charge in [-0.15, -0.1) is 5.10 Å². The van der Waals surface area contributed by atoms with E-state index in [0.29, 0.717) is 45.4 Å². The zero-order valence-electron chi connectivity index (χ0n) is 28.8. The van der Waals surface area contributed by atoms with Crippen LogP contribution in [0.25, 0.3) is 0 Å². The molecule has 0 radical (unpaired) electrons. The van der Waals surface area contributed by atoms with E-state index in [1.54, 1.807) is 17.8 Å². The summed E-state index contributed by atoms with van der Waals surface area (Å²) in [5, 5.41) is 30.1. The molecule has 5 atom stereocenters. The second kappa shape index (κ2) is 16.5. The van der Waals surface area contributed by atoms with Gasteiger partial charge in [0, 0.05) is 43.6 Å². The van der Waals surface area contributed by atoms with Gasteiger partial charge in [-0.25, -0.2) is 0 Å². The number of aliphatic hydroxyl groups is 2. The van der Waals surface area contributed by atoms with Crippen molar-refractivity contribution >= 4 is 25.7 Å². The molecule has 0 bridgehead atoms. The minimum atomic E-state index is -3.02. The van der Waals surface area contributed by atoms with Crippen molar-refractivity contribution in [2.75, 3.05) is 31.3 Å². The van der Waals surface area contributed by atoms with Gasteiger partial charge in [-0.3, -0.25) is 14.4 Å². The summed E-state index contributed by atoms with van der Waals surface area (Å²) in [7, 11) is -3.02. The lowest BCUT2D eigenvalue weighted by molar-refractivity contribution is -0.120. The normalized spacial score (nSPS) is 22.7. The first-order valence-electron chi connectivity index (χ1n) is 17.5. The number of hydrogen-bond donors (Lipinski definition) is 3. The molecule has 1 aromatic heterocycles. The van der Waals surface area contributed by atoms with E-state index in [4.69, 9.17) is 9.47 Å². The molecule has 12 heteroatoms. The molecule has 1 saturated heterocycles. The van der Waals surface area contributed by atoms with E-state index < -0.39 is 8.41 Å². The molecule has 48 heavy (non-hydrogen) atoms. The third kappa shape index (κ3) is 8.70. The monoisotopic (exact) mass is 681 g/mol.